The maximum Gasteiger partial charge on any atom is 0.303 e. The molecular formula is C29H30F2N2O4. The van der Waals surface area contributed by atoms with Crippen molar-refractivity contribution in [3.8, 4) is 17.6 Å². The van der Waals surface area contributed by atoms with Crippen molar-refractivity contribution in [2.75, 3.05) is 26.7 Å². The summed E-state index contributed by atoms with van der Waals surface area (Å²) in [6, 6.07) is 10.9. The number of carboxylic acids is 1. The summed E-state index contributed by atoms with van der Waals surface area (Å²) in [6.07, 6.45) is 3.02. The van der Waals surface area contributed by atoms with Crippen LogP contribution in [-0.4, -0.2) is 52.8 Å². The van der Waals surface area contributed by atoms with Gasteiger partial charge in [0.05, 0.1) is 25.3 Å². The number of aromatic nitrogens is 1. The van der Waals surface area contributed by atoms with Gasteiger partial charge in [-0.3, -0.25) is 14.7 Å². The molecule has 0 bridgehead atoms. The molecule has 1 aromatic heterocycles. The van der Waals surface area contributed by atoms with Crippen LogP contribution >= 0.6 is 0 Å². The summed E-state index contributed by atoms with van der Waals surface area (Å²) in [6.45, 7) is 1.74. The van der Waals surface area contributed by atoms with Crippen molar-refractivity contribution in [3.63, 3.8) is 0 Å². The number of aliphatic hydroxyl groups excluding tert-OH is 1. The van der Waals surface area contributed by atoms with Gasteiger partial charge in [-0.15, -0.1) is 0 Å². The molecule has 194 valence electrons. The van der Waals surface area contributed by atoms with Crippen molar-refractivity contribution in [2.24, 2.45) is 11.8 Å². The van der Waals surface area contributed by atoms with Crippen LogP contribution in [0.15, 0.2) is 48.7 Å². The molecule has 0 amide bonds. The van der Waals surface area contributed by atoms with E-state index in [9.17, 15) is 23.8 Å². The number of carbonyl (C=O) groups is 1. The number of piperidine rings is 1. The Morgan fingerprint density at radius 1 is 1.19 bits per heavy atom. The minimum absolute atomic E-state index is 0.0449. The highest BCUT2D eigenvalue weighted by Crippen LogP contribution is 2.34. The van der Waals surface area contributed by atoms with E-state index in [1.54, 1.807) is 13.3 Å². The van der Waals surface area contributed by atoms with Gasteiger partial charge in [-0.1, -0.05) is 11.8 Å². The summed E-state index contributed by atoms with van der Waals surface area (Å²) in [5.74, 6) is 3.91. The van der Waals surface area contributed by atoms with Crippen molar-refractivity contribution in [3.05, 3.63) is 71.4 Å². The van der Waals surface area contributed by atoms with E-state index in [0.29, 0.717) is 37.2 Å². The summed E-state index contributed by atoms with van der Waals surface area (Å²) in [5.41, 5.74) is 1.95. The molecule has 0 spiro atoms. The zero-order valence-electron chi connectivity index (χ0n) is 20.7. The van der Waals surface area contributed by atoms with E-state index in [1.165, 1.54) is 6.07 Å². The lowest BCUT2D eigenvalue weighted by atomic mass is 9.79. The van der Waals surface area contributed by atoms with E-state index in [2.05, 4.69) is 21.7 Å². The summed E-state index contributed by atoms with van der Waals surface area (Å²) < 4.78 is 31.8. The van der Waals surface area contributed by atoms with Gasteiger partial charge in [0.2, 0.25) is 0 Å². The Morgan fingerprint density at radius 2 is 2.03 bits per heavy atom. The highest BCUT2D eigenvalue weighted by Gasteiger charge is 2.31. The molecule has 4 rings (SSSR count). The SMILES string of the molecule is COc1ccc2nccc(C(O)CC[C@@H]3CCN(CC#Cc4ccc(F)c(F)c4)C[C@@H]3CC(=O)O)c2c1. The number of carboxylic acid groups (broad SMARTS) is 1. The summed E-state index contributed by atoms with van der Waals surface area (Å²) in [5, 5.41) is 21.4. The average molecular weight is 509 g/mol. The quantitative estimate of drug-likeness (QED) is 0.426. The zero-order valence-corrected chi connectivity index (χ0v) is 20.7. The third kappa shape index (κ3) is 6.82. The minimum Gasteiger partial charge on any atom is -0.497 e. The molecule has 1 aliphatic heterocycles. The maximum absolute atomic E-state index is 13.4. The predicted molar refractivity (Wildman–Crippen MR) is 136 cm³/mol. The molecule has 6 nitrogen and oxygen atoms in total. The molecule has 0 aliphatic carbocycles. The van der Waals surface area contributed by atoms with Crippen LogP contribution in [0.1, 0.15) is 42.9 Å². The Kier molecular flexibility index (Phi) is 8.70. The van der Waals surface area contributed by atoms with Gasteiger partial charge < -0.3 is 14.9 Å². The first kappa shape index (κ1) is 26.5. The Morgan fingerprint density at radius 3 is 2.78 bits per heavy atom. The Hall–Kier alpha value is -3.54. The van der Waals surface area contributed by atoms with Gasteiger partial charge in [-0.05, 0) is 85.7 Å². The highest BCUT2D eigenvalue weighted by molar-refractivity contribution is 5.83. The van der Waals surface area contributed by atoms with Gasteiger partial charge in [-0.25, -0.2) is 8.78 Å². The third-order valence-electron chi connectivity index (χ3n) is 7.02. The number of hydrogen-bond donors (Lipinski definition) is 2. The van der Waals surface area contributed by atoms with Crippen LogP contribution in [0.3, 0.4) is 0 Å². The molecular weight excluding hydrogens is 478 g/mol. The average Bonchev–Trinajstić information content (AvgIpc) is 2.89. The number of halogens is 2. The Labute approximate surface area is 214 Å². The van der Waals surface area contributed by atoms with Crippen molar-refractivity contribution < 1.29 is 28.5 Å². The van der Waals surface area contributed by atoms with E-state index >= 15 is 0 Å². The van der Waals surface area contributed by atoms with Crippen LogP contribution in [0.2, 0.25) is 0 Å². The predicted octanol–water partition coefficient (Wildman–Crippen LogP) is 4.80. The number of fused-ring (bicyclic) bond motifs is 1. The van der Waals surface area contributed by atoms with Crippen LogP contribution in [0.4, 0.5) is 8.78 Å². The molecule has 37 heavy (non-hydrogen) atoms. The van der Waals surface area contributed by atoms with Crippen LogP contribution in [0, 0.1) is 35.3 Å². The largest absolute Gasteiger partial charge is 0.497 e. The Bertz CT molecular complexity index is 1320. The van der Waals surface area contributed by atoms with E-state index in [0.717, 1.165) is 41.6 Å². The molecule has 1 saturated heterocycles. The number of pyridine rings is 1. The first-order valence-electron chi connectivity index (χ1n) is 12.3. The molecule has 1 fully saturated rings. The number of methoxy groups -OCH3 is 1. The molecule has 1 aliphatic rings. The fourth-order valence-electron chi connectivity index (χ4n) is 5.05. The third-order valence-corrected chi connectivity index (χ3v) is 7.02. The van der Waals surface area contributed by atoms with Crippen LogP contribution < -0.4 is 4.74 Å². The molecule has 3 aromatic rings. The lowest BCUT2D eigenvalue weighted by Gasteiger charge is -2.37. The second kappa shape index (κ2) is 12.1. The number of hydrogen-bond acceptors (Lipinski definition) is 5. The summed E-state index contributed by atoms with van der Waals surface area (Å²) in [4.78, 5) is 18.0. The molecule has 3 atom stereocenters. The van der Waals surface area contributed by atoms with Crippen molar-refractivity contribution in [2.45, 2.75) is 31.8 Å². The number of ether oxygens (including phenoxy) is 1. The monoisotopic (exact) mass is 508 g/mol. The fourth-order valence-corrected chi connectivity index (χ4v) is 5.05. The standard InChI is InChI=1S/C29H30F2N2O4/c1-37-22-6-8-27-24(17-22)23(10-12-32-27)28(34)9-5-20-11-14-33(18-21(20)16-29(35)36)13-2-3-19-4-7-25(30)26(31)15-19/h4,6-8,10,12,15,17,20-21,28,34H,5,9,11,13-14,16,18H2,1H3,(H,35,36)/t20-,21+,28?/m1/s1. The van der Waals surface area contributed by atoms with Gasteiger partial charge >= 0.3 is 5.97 Å². The number of rotatable bonds is 8. The molecule has 0 saturated carbocycles. The number of aliphatic hydroxyl groups is 1. The van der Waals surface area contributed by atoms with Gasteiger partial charge in [0.1, 0.15) is 5.75 Å². The van der Waals surface area contributed by atoms with E-state index in [1.807, 2.05) is 24.3 Å². The number of aliphatic carboxylic acids is 1. The minimum atomic E-state index is -0.935. The van der Waals surface area contributed by atoms with Gasteiger partial charge in [0, 0.05) is 30.1 Å². The first-order chi connectivity index (χ1) is 17.8. The van der Waals surface area contributed by atoms with Crippen LogP contribution in [0.25, 0.3) is 10.9 Å². The first-order valence-corrected chi connectivity index (χ1v) is 12.3. The summed E-state index contributed by atoms with van der Waals surface area (Å²) >= 11 is 0. The molecule has 8 heteroatoms. The molecule has 1 unspecified atom stereocenters. The fraction of sp³-hybridized carbons (Fsp3) is 0.379. The molecule has 2 heterocycles. The van der Waals surface area contributed by atoms with Gasteiger partial charge in [0.15, 0.2) is 11.6 Å². The highest BCUT2D eigenvalue weighted by atomic mass is 19.2. The van der Waals surface area contributed by atoms with Crippen molar-refractivity contribution in [1.82, 2.24) is 9.88 Å². The normalized spacial score (nSPS) is 18.7. The second-order valence-corrected chi connectivity index (χ2v) is 9.45. The lowest BCUT2D eigenvalue weighted by molar-refractivity contribution is -0.139. The number of likely N-dealkylation sites (tertiary alicyclic amines) is 1. The van der Waals surface area contributed by atoms with Crippen molar-refractivity contribution >= 4 is 16.9 Å². The topological polar surface area (TPSA) is 82.9 Å². The molecule has 0 radical (unpaired) electrons. The van der Waals surface area contributed by atoms with Crippen molar-refractivity contribution in [1.29, 1.82) is 0 Å². The van der Waals surface area contributed by atoms with Crippen LogP contribution in [0.5, 0.6) is 5.75 Å². The molecule has 2 N–H and O–H groups in total. The van der Waals surface area contributed by atoms with E-state index in [-0.39, 0.29) is 18.3 Å². The van der Waals surface area contributed by atoms with Crippen LogP contribution in [-0.2, 0) is 4.79 Å². The van der Waals surface area contributed by atoms with E-state index in [4.69, 9.17) is 4.74 Å². The van der Waals surface area contributed by atoms with Gasteiger partial charge in [0.25, 0.3) is 0 Å². The van der Waals surface area contributed by atoms with Gasteiger partial charge in [-0.2, -0.15) is 0 Å². The summed E-state index contributed by atoms with van der Waals surface area (Å²) in [7, 11) is 1.59. The maximum atomic E-state index is 13.4. The van der Waals surface area contributed by atoms with E-state index < -0.39 is 23.7 Å². The Balaban J connectivity index is 1.39. The number of benzene rings is 2. The second-order valence-electron chi connectivity index (χ2n) is 9.45. The molecule has 2 aromatic carbocycles. The number of nitrogens with zero attached hydrogens (tertiary/aromatic N) is 2. The zero-order chi connectivity index (χ0) is 26.4. The smallest absolute Gasteiger partial charge is 0.303 e. The lowest BCUT2D eigenvalue weighted by Crippen LogP contribution is -2.41.